The zero-order valence-corrected chi connectivity index (χ0v) is 20.3. The van der Waals surface area contributed by atoms with Gasteiger partial charge in [0.15, 0.2) is 11.1 Å². The van der Waals surface area contributed by atoms with Crippen molar-refractivity contribution < 1.29 is 18.3 Å². The van der Waals surface area contributed by atoms with E-state index in [9.17, 15) is 18.3 Å². The minimum atomic E-state index is -4.87. The van der Waals surface area contributed by atoms with Crippen molar-refractivity contribution >= 4 is 46.4 Å². The first kappa shape index (κ1) is 26.4. The molecule has 0 aromatic carbocycles. The Balaban J connectivity index is 0.00000450. The fourth-order valence-corrected chi connectivity index (χ4v) is 3.33. The monoisotopic (exact) mass is 561 g/mol. The first-order chi connectivity index (χ1) is 13.6. The molecule has 0 aliphatic heterocycles. The van der Waals surface area contributed by atoms with Crippen LogP contribution in [-0.2, 0) is 19.2 Å². The highest BCUT2D eigenvalue weighted by Crippen LogP contribution is 2.40. The molecule has 0 amide bonds. The summed E-state index contributed by atoms with van der Waals surface area (Å²) in [5.74, 6) is -0.108. The molecule has 0 saturated heterocycles. The average Bonchev–Trinajstić information content (AvgIpc) is 3.27. The van der Waals surface area contributed by atoms with Crippen LogP contribution in [0, 0.1) is 0 Å². The van der Waals surface area contributed by atoms with Crippen molar-refractivity contribution in [3.05, 3.63) is 29.3 Å². The molecule has 1 atom stereocenters. The number of imidazole rings is 1. The smallest absolute Gasteiger partial charge is 0.374 e. The molecule has 13 heteroatoms. The van der Waals surface area contributed by atoms with Crippen LogP contribution in [0.2, 0.25) is 0 Å². The van der Waals surface area contributed by atoms with Crippen molar-refractivity contribution in [1.82, 2.24) is 25.2 Å². The van der Waals surface area contributed by atoms with Crippen LogP contribution < -0.4 is 15.5 Å². The van der Waals surface area contributed by atoms with Crippen LogP contribution in [-0.4, -0.2) is 59.0 Å². The number of nitrogens with zero attached hydrogens (tertiary/aromatic N) is 5. The Hall–Kier alpha value is -1.61. The molecule has 0 bridgehead atoms. The van der Waals surface area contributed by atoms with Gasteiger partial charge < -0.3 is 25.2 Å². The van der Waals surface area contributed by atoms with Crippen molar-refractivity contribution in [1.29, 1.82) is 0 Å². The molecule has 2 heterocycles. The molecule has 0 fully saturated rings. The van der Waals surface area contributed by atoms with E-state index in [1.807, 2.05) is 31.3 Å². The Bertz CT molecular complexity index is 824. The number of halogens is 4. The molecule has 0 saturated carbocycles. The molecule has 8 nitrogen and oxygen atoms in total. The fraction of sp³-hybridized carbons (Fsp3) is 0.588. The lowest BCUT2D eigenvalue weighted by Crippen LogP contribution is -2.47. The van der Waals surface area contributed by atoms with Gasteiger partial charge in [-0.25, -0.2) is 15.0 Å². The van der Waals surface area contributed by atoms with E-state index in [1.165, 1.54) is 30.8 Å². The molecule has 2 aromatic heterocycles. The van der Waals surface area contributed by atoms with Gasteiger partial charge in [-0.1, -0.05) is 0 Å². The lowest BCUT2D eigenvalue weighted by Gasteiger charge is -2.30. The maximum Gasteiger partial charge on any atom is 0.424 e. The van der Waals surface area contributed by atoms with E-state index >= 15 is 0 Å². The largest absolute Gasteiger partial charge is 0.424 e. The van der Waals surface area contributed by atoms with E-state index in [0.29, 0.717) is 12.5 Å². The van der Waals surface area contributed by atoms with Gasteiger partial charge in [0.1, 0.15) is 5.82 Å². The Morgan fingerprint density at radius 3 is 2.53 bits per heavy atom. The predicted octanol–water partition coefficient (Wildman–Crippen LogP) is 2.46. The van der Waals surface area contributed by atoms with Crippen LogP contribution in [0.25, 0.3) is 0 Å². The number of anilines is 1. The summed E-state index contributed by atoms with van der Waals surface area (Å²) in [6, 6.07) is 0. The third kappa shape index (κ3) is 6.44. The number of guanidine groups is 1. The van der Waals surface area contributed by atoms with Crippen molar-refractivity contribution in [3.63, 3.8) is 0 Å². The standard InChI is InChI=1S/C17H26F3N7OS.HI/c1-5-21-14(24-10-12-11-29-15(25-12)26(2)3)23-7-6-16(28,17(18,19)20)13-22-8-9-27(13)4;/h8-9,11,28H,5-7,10H2,1-4H3,(H2,21,23,24);1H. The quantitative estimate of drug-likeness (QED) is 0.261. The topological polar surface area (TPSA) is 90.6 Å². The van der Waals surface area contributed by atoms with E-state index in [4.69, 9.17) is 0 Å². The maximum absolute atomic E-state index is 13.6. The number of hydrogen-bond acceptors (Lipinski definition) is 6. The molecule has 0 radical (unpaired) electrons. The molecule has 0 aliphatic carbocycles. The molecule has 1 unspecified atom stereocenters. The van der Waals surface area contributed by atoms with E-state index in [0.717, 1.165) is 15.4 Å². The summed E-state index contributed by atoms with van der Waals surface area (Å²) in [5, 5.41) is 18.9. The summed E-state index contributed by atoms with van der Waals surface area (Å²) in [5.41, 5.74) is -2.30. The summed E-state index contributed by atoms with van der Waals surface area (Å²) >= 11 is 1.48. The van der Waals surface area contributed by atoms with Gasteiger partial charge >= 0.3 is 6.18 Å². The number of aromatic nitrogens is 3. The van der Waals surface area contributed by atoms with Gasteiger partial charge in [0.05, 0.1) is 12.2 Å². The second kappa shape index (κ2) is 11.1. The lowest BCUT2D eigenvalue weighted by atomic mass is 9.97. The van der Waals surface area contributed by atoms with Gasteiger partial charge in [-0.15, -0.1) is 35.3 Å². The number of alkyl halides is 3. The molecular formula is C17H27F3IN7OS. The van der Waals surface area contributed by atoms with Crippen molar-refractivity contribution in [2.75, 3.05) is 32.1 Å². The number of rotatable bonds is 8. The first-order valence-corrected chi connectivity index (χ1v) is 9.87. The second-order valence-electron chi connectivity index (χ2n) is 6.61. The first-order valence-electron chi connectivity index (χ1n) is 8.99. The molecule has 30 heavy (non-hydrogen) atoms. The normalized spacial score (nSPS) is 14.1. The maximum atomic E-state index is 13.6. The number of thiazole rings is 1. The van der Waals surface area contributed by atoms with E-state index in [1.54, 1.807) is 0 Å². The van der Waals surface area contributed by atoms with Crippen LogP contribution in [0.4, 0.5) is 18.3 Å². The average molecular weight is 561 g/mol. The van der Waals surface area contributed by atoms with E-state index in [2.05, 4.69) is 25.6 Å². The molecule has 170 valence electrons. The van der Waals surface area contributed by atoms with Crippen molar-refractivity contribution in [2.24, 2.45) is 12.0 Å². The molecule has 3 N–H and O–H groups in total. The highest BCUT2D eigenvalue weighted by Gasteiger charge is 2.57. The predicted molar refractivity (Wildman–Crippen MR) is 122 cm³/mol. The van der Waals surface area contributed by atoms with Crippen LogP contribution in [0.3, 0.4) is 0 Å². The van der Waals surface area contributed by atoms with Gasteiger partial charge in [-0.05, 0) is 6.92 Å². The van der Waals surface area contributed by atoms with Crippen LogP contribution in [0.5, 0.6) is 0 Å². The Morgan fingerprint density at radius 2 is 2.03 bits per heavy atom. The van der Waals surface area contributed by atoms with Gasteiger partial charge in [0, 0.05) is 58.4 Å². The third-order valence-electron chi connectivity index (χ3n) is 4.10. The Labute approximate surface area is 194 Å². The highest BCUT2D eigenvalue weighted by molar-refractivity contribution is 14.0. The molecule has 2 rings (SSSR count). The van der Waals surface area contributed by atoms with Crippen molar-refractivity contribution in [3.8, 4) is 0 Å². The lowest BCUT2D eigenvalue weighted by molar-refractivity contribution is -0.272. The number of aryl methyl sites for hydroxylation is 1. The van der Waals surface area contributed by atoms with Crippen molar-refractivity contribution in [2.45, 2.75) is 31.7 Å². The summed E-state index contributed by atoms with van der Waals surface area (Å²) in [4.78, 5) is 14.3. The van der Waals surface area contributed by atoms with E-state index in [-0.39, 0.29) is 37.1 Å². The third-order valence-corrected chi connectivity index (χ3v) is 5.16. The summed E-state index contributed by atoms with van der Waals surface area (Å²) in [6.07, 6.45) is -2.90. The second-order valence-corrected chi connectivity index (χ2v) is 7.44. The van der Waals surface area contributed by atoms with Crippen LogP contribution >= 0.6 is 35.3 Å². The summed E-state index contributed by atoms with van der Waals surface area (Å²) in [7, 11) is 5.19. The molecular weight excluding hydrogens is 534 g/mol. The van der Waals surface area contributed by atoms with Gasteiger partial charge in [0.25, 0.3) is 0 Å². The molecule has 0 spiro atoms. The van der Waals surface area contributed by atoms with Gasteiger partial charge in [-0.3, -0.25) is 0 Å². The van der Waals surface area contributed by atoms with E-state index < -0.39 is 24.0 Å². The summed E-state index contributed by atoms with van der Waals surface area (Å²) < 4.78 is 41.9. The number of aliphatic hydroxyl groups is 1. The van der Waals surface area contributed by atoms with Crippen LogP contribution in [0.1, 0.15) is 24.9 Å². The summed E-state index contributed by atoms with van der Waals surface area (Å²) in [6.45, 7) is 2.51. The van der Waals surface area contributed by atoms with Crippen LogP contribution in [0.15, 0.2) is 22.8 Å². The zero-order valence-electron chi connectivity index (χ0n) is 17.2. The Morgan fingerprint density at radius 1 is 1.33 bits per heavy atom. The number of nitrogens with one attached hydrogen (secondary N) is 2. The number of aliphatic imine (C=N–C) groups is 1. The minimum absolute atomic E-state index is 0. The molecule has 2 aromatic rings. The van der Waals surface area contributed by atoms with Gasteiger partial charge in [0.2, 0.25) is 5.60 Å². The highest BCUT2D eigenvalue weighted by atomic mass is 127. The molecule has 0 aliphatic rings. The minimum Gasteiger partial charge on any atom is -0.374 e. The Kier molecular flexibility index (Phi) is 9.81. The zero-order chi connectivity index (χ0) is 21.7. The fourth-order valence-electron chi connectivity index (χ4n) is 2.58. The number of hydrogen-bond donors (Lipinski definition) is 3. The SMILES string of the molecule is CCNC(=NCc1csc(N(C)C)n1)NCCC(O)(c1nccn1C)C(F)(F)F.I. The van der Waals surface area contributed by atoms with Gasteiger partial charge in [-0.2, -0.15) is 13.2 Å².